The average Bonchev–Trinajstić information content (AvgIpc) is 2.35. The number of hydrogen-bond acceptors (Lipinski definition) is 4. The molecule has 0 aliphatic rings. The molecule has 0 fully saturated rings. The summed E-state index contributed by atoms with van der Waals surface area (Å²) in [6, 6.07) is 2.37. The molecule has 1 N–H and O–H groups in total. The summed E-state index contributed by atoms with van der Waals surface area (Å²) in [5.74, 6) is -0.926. The number of halogens is 1. The van der Waals surface area contributed by atoms with Crippen molar-refractivity contribution in [2.24, 2.45) is 5.92 Å². The van der Waals surface area contributed by atoms with Crippen molar-refractivity contribution in [2.45, 2.75) is 19.9 Å². The van der Waals surface area contributed by atoms with E-state index in [4.69, 9.17) is 11.6 Å². The minimum absolute atomic E-state index is 0.0679. The van der Waals surface area contributed by atoms with Crippen molar-refractivity contribution < 1.29 is 14.3 Å². The molecular formula is C12H15ClN2O3. The first-order chi connectivity index (χ1) is 8.45. The average molecular weight is 271 g/mol. The largest absolute Gasteiger partial charge is 0.467 e. The Bertz CT molecular complexity index is 431. The lowest BCUT2D eigenvalue weighted by Crippen LogP contribution is -2.45. The van der Waals surface area contributed by atoms with E-state index in [0.717, 1.165) is 0 Å². The predicted molar refractivity (Wildman–Crippen MR) is 67.4 cm³/mol. The maximum Gasteiger partial charge on any atom is 0.328 e. The number of amides is 1. The molecule has 0 radical (unpaired) electrons. The Morgan fingerprint density at radius 2 is 2.06 bits per heavy atom. The molecule has 0 bridgehead atoms. The van der Waals surface area contributed by atoms with Gasteiger partial charge in [0, 0.05) is 6.20 Å². The van der Waals surface area contributed by atoms with Gasteiger partial charge in [0.1, 0.15) is 11.2 Å². The number of carbonyl (C=O) groups excluding carboxylic acids is 2. The van der Waals surface area contributed by atoms with Crippen molar-refractivity contribution in [3.8, 4) is 0 Å². The Morgan fingerprint density at radius 1 is 1.39 bits per heavy atom. The van der Waals surface area contributed by atoms with Gasteiger partial charge in [-0.1, -0.05) is 25.4 Å². The maximum absolute atomic E-state index is 11.9. The third kappa shape index (κ3) is 3.70. The molecule has 1 aromatic heterocycles. The van der Waals surface area contributed by atoms with E-state index in [-0.39, 0.29) is 11.8 Å². The van der Waals surface area contributed by atoms with E-state index in [0.29, 0.717) is 10.7 Å². The van der Waals surface area contributed by atoms with Gasteiger partial charge in [0.15, 0.2) is 0 Å². The van der Waals surface area contributed by atoms with E-state index in [1.165, 1.54) is 19.4 Å². The lowest BCUT2D eigenvalue weighted by molar-refractivity contribution is -0.144. The Kier molecular flexibility index (Phi) is 5.09. The summed E-state index contributed by atoms with van der Waals surface area (Å²) in [7, 11) is 1.29. The van der Waals surface area contributed by atoms with E-state index >= 15 is 0 Å². The van der Waals surface area contributed by atoms with Crippen LogP contribution in [0.15, 0.2) is 18.3 Å². The molecule has 0 spiro atoms. The van der Waals surface area contributed by atoms with Crippen molar-refractivity contribution in [1.82, 2.24) is 10.3 Å². The van der Waals surface area contributed by atoms with Crippen LogP contribution in [0, 0.1) is 5.92 Å². The van der Waals surface area contributed by atoms with E-state index in [9.17, 15) is 9.59 Å². The molecular weight excluding hydrogens is 256 g/mol. The normalized spacial score (nSPS) is 12.1. The zero-order valence-electron chi connectivity index (χ0n) is 10.4. The fourth-order valence-electron chi connectivity index (χ4n) is 1.36. The van der Waals surface area contributed by atoms with E-state index < -0.39 is 12.0 Å². The molecule has 0 saturated heterocycles. The van der Waals surface area contributed by atoms with Crippen LogP contribution in [-0.4, -0.2) is 30.0 Å². The number of aromatic nitrogens is 1. The Morgan fingerprint density at radius 3 is 2.50 bits per heavy atom. The maximum atomic E-state index is 11.9. The van der Waals surface area contributed by atoms with Gasteiger partial charge >= 0.3 is 5.97 Å². The van der Waals surface area contributed by atoms with Crippen molar-refractivity contribution in [3.05, 3.63) is 29.0 Å². The van der Waals surface area contributed by atoms with Crippen LogP contribution in [0.2, 0.25) is 5.15 Å². The lowest BCUT2D eigenvalue weighted by atomic mass is 10.0. The first kappa shape index (κ1) is 14.4. The lowest BCUT2D eigenvalue weighted by Gasteiger charge is -2.19. The molecule has 0 aliphatic heterocycles. The number of hydrogen-bond donors (Lipinski definition) is 1. The van der Waals surface area contributed by atoms with Crippen molar-refractivity contribution in [1.29, 1.82) is 0 Å². The highest BCUT2D eigenvalue weighted by atomic mass is 35.5. The Hall–Kier alpha value is -1.62. The molecule has 18 heavy (non-hydrogen) atoms. The minimum atomic E-state index is -0.682. The molecule has 6 heteroatoms. The third-order valence-corrected chi connectivity index (χ3v) is 2.62. The summed E-state index contributed by atoms with van der Waals surface area (Å²) in [6.07, 6.45) is 1.35. The third-order valence-electron chi connectivity index (χ3n) is 2.40. The number of ether oxygens (including phenoxy) is 1. The molecule has 0 aromatic carbocycles. The second kappa shape index (κ2) is 6.35. The number of carbonyl (C=O) groups is 2. The molecule has 1 aromatic rings. The molecule has 1 heterocycles. The van der Waals surface area contributed by atoms with Crippen molar-refractivity contribution in [3.63, 3.8) is 0 Å². The Balaban J connectivity index is 2.78. The first-order valence-electron chi connectivity index (χ1n) is 5.46. The van der Waals surface area contributed by atoms with Gasteiger partial charge < -0.3 is 10.1 Å². The number of nitrogens with zero attached hydrogens (tertiary/aromatic N) is 1. The smallest absolute Gasteiger partial charge is 0.328 e. The zero-order valence-corrected chi connectivity index (χ0v) is 11.2. The molecule has 1 amide bonds. The fourth-order valence-corrected chi connectivity index (χ4v) is 1.47. The fraction of sp³-hybridized carbons (Fsp3) is 0.417. The van der Waals surface area contributed by atoms with Gasteiger partial charge in [-0.25, -0.2) is 9.78 Å². The van der Waals surface area contributed by atoms with Gasteiger partial charge in [-0.3, -0.25) is 4.79 Å². The van der Waals surface area contributed by atoms with E-state index in [2.05, 4.69) is 15.0 Å². The topological polar surface area (TPSA) is 68.3 Å². The van der Waals surface area contributed by atoms with Crippen LogP contribution in [0.3, 0.4) is 0 Å². The second-order valence-electron chi connectivity index (χ2n) is 4.09. The standard InChI is InChI=1S/C12H15ClN2O3/c1-7(2)10(12(17)18-3)15-11(16)8-4-5-9(13)14-6-8/h4-7,10H,1-3H3,(H,15,16)/t10-/m1/s1. The number of esters is 1. The molecule has 5 nitrogen and oxygen atoms in total. The highest BCUT2D eigenvalue weighted by Gasteiger charge is 2.25. The van der Waals surface area contributed by atoms with Gasteiger partial charge in [0.05, 0.1) is 12.7 Å². The van der Waals surface area contributed by atoms with Gasteiger partial charge in [-0.2, -0.15) is 0 Å². The van der Waals surface area contributed by atoms with E-state index in [1.54, 1.807) is 6.07 Å². The number of nitrogens with one attached hydrogen (secondary N) is 1. The minimum Gasteiger partial charge on any atom is -0.467 e. The van der Waals surface area contributed by atoms with Crippen LogP contribution in [0.25, 0.3) is 0 Å². The predicted octanol–water partition coefficient (Wildman–Crippen LogP) is 1.66. The van der Waals surface area contributed by atoms with Crippen LogP contribution in [0.5, 0.6) is 0 Å². The first-order valence-corrected chi connectivity index (χ1v) is 5.83. The Labute approximate surface area is 110 Å². The summed E-state index contributed by atoms with van der Waals surface area (Å²) in [4.78, 5) is 27.2. The second-order valence-corrected chi connectivity index (χ2v) is 4.48. The molecule has 98 valence electrons. The van der Waals surface area contributed by atoms with Crippen molar-refractivity contribution in [2.75, 3.05) is 7.11 Å². The summed E-state index contributed by atoms with van der Waals surface area (Å²) in [5, 5.41) is 2.91. The van der Waals surface area contributed by atoms with Crippen LogP contribution in [0.4, 0.5) is 0 Å². The molecule has 0 unspecified atom stereocenters. The summed E-state index contributed by atoms with van der Waals surface area (Å²) >= 11 is 5.63. The number of rotatable bonds is 4. The summed E-state index contributed by atoms with van der Waals surface area (Å²) in [6.45, 7) is 3.64. The summed E-state index contributed by atoms with van der Waals surface area (Å²) < 4.78 is 4.64. The molecule has 1 rings (SSSR count). The van der Waals surface area contributed by atoms with Gasteiger partial charge in [0.25, 0.3) is 5.91 Å². The van der Waals surface area contributed by atoms with Crippen molar-refractivity contribution >= 4 is 23.5 Å². The molecule has 0 saturated carbocycles. The van der Waals surface area contributed by atoms with Crippen LogP contribution >= 0.6 is 11.6 Å². The van der Waals surface area contributed by atoms with Crippen LogP contribution in [-0.2, 0) is 9.53 Å². The highest BCUT2D eigenvalue weighted by molar-refractivity contribution is 6.29. The SMILES string of the molecule is COC(=O)[C@H](NC(=O)c1ccc(Cl)nc1)C(C)C. The van der Waals surface area contributed by atoms with Crippen LogP contribution in [0.1, 0.15) is 24.2 Å². The highest BCUT2D eigenvalue weighted by Crippen LogP contribution is 2.08. The summed E-state index contributed by atoms with van der Waals surface area (Å²) in [5.41, 5.74) is 0.342. The monoisotopic (exact) mass is 270 g/mol. The van der Waals surface area contributed by atoms with Gasteiger partial charge in [0.2, 0.25) is 0 Å². The quantitative estimate of drug-likeness (QED) is 0.667. The molecule has 0 aliphatic carbocycles. The number of pyridine rings is 1. The van der Waals surface area contributed by atoms with Gasteiger partial charge in [-0.15, -0.1) is 0 Å². The van der Waals surface area contributed by atoms with Crippen LogP contribution < -0.4 is 5.32 Å². The molecule has 1 atom stereocenters. The van der Waals surface area contributed by atoms with E-state index in [1.807, 2.05) is 13.8 Å². The zero-order chi connectivity index (χ0) is 13.7. The number of methoxy groups -OCH3 is 1. The van der Waals surface area contributed by atoms with Gasteiger partial charge in [-0.05, 0) is 18.1 Å².